The van der Waals surface area contributed by atoms with Gasteiger partial charge in [-0.25, -0.2) is 4.79 Å². The van der Waals surface area contributed by atoms with Gasteiger partial charge in [-0.15, -0.1) is 0 Å². The fraction of sp³-hybridized carbons (Fsp3) is 0.250. The van der Waals surface area contributed by atoms with Gasteiger partial charge in [-0.2, -0.15) is 0 Å². The quantitative estimate of drug-likeness (QED) is 0.106. The van der Waals surface area contributed by atoms with Crippen LogP contribution in [0.25, 0.3) is 0 Å². The molecule has 6 rings (SSSR count). The Morgan fingerprint density at radius 2 is 1.74 bits per heavy atom. The number of oxime groups is 1. The highest BCUT2D eigenvalue weighted by Gasteiger charge is 2.48. The van der Waals surface area contributed by atoms with Crippen LogP contribution in [0.2, 0.25) is 0 Å². The Morgan fingerprint density at radius 1 is 1.00 bits per heavy atom. The minimum atomic E-state index is -1.62. The Bertz CT molecular complexity index is 1650. The van der Waals surface area contributed by atoms with Gasteiger partial charge in [0.25, 0.3) is 11.8 Å². The molecule has 11 nitrogen and oxygen atoms in total. The van der Waals surface area contributed by atoms with Crippen molar-refractivity contribution in [2.75, 3.05) is 44.7 Å². The molecule has 0 aliphatic carbocycles. The Morgan fingerprint density at radius 3 is 2.40 bits per heavy atom. The Balaban J connectivity index is 1.16. The van der Waals surface area contributed by atoms with Crippen LogP contribution in [0.3, 0.4) is 0 Å². The number of para-hydroxylation sites is 1. The maximum Gasteiger partial charge on any atom is 0.323 e. The SMILES string of the molecule is COc1ccc2c(c1)C(=O)N(C[C@@]1(C#Cc3ccc(/C(=N/O)N4CCN(c5ccccc5)CC4)cc3)NC(=O)NC1=O)C2. The molecule has 3 aliphatic rings. The molecule has 3 aromatic carbocycles. The van der Waals surface area contributed by atoms with Crippen LogP contribution in [0.5, 0.6) is 5.75 Å². The topological polar surface area (TPSA) is 127 Å². The third-order valence-corrected chi connectivity index (χ3v) is 7.92. The lowest BCUT2D eigenvalue weighted by Gasteiger charge is -2.37. The summed E-state index contributed by atoms with van der Waals surface area (Å²) in [5.41, 5.74) is 2.15. The minimum Gasteiger partial charge on any atom is -0.497 e. The number of carbonyl (C=O) groups is 3. The van der Waals surface area contributed by atoms with E-state index in [1.54, 1.807) is 36.4 Å². The lowest BCUT2D eigenvalue weighted by molar-refractivity contribution is -0.122. The summed E-state index contributed by atoms with van der Waals surface area (Å²) in [6.07, 6.45) is 0. The molecule has 0 saturated carbocycles. The summed E-state index contributed by atoms with van der Waals surface area (Å²) in [5, 5.41) is 18.3. The standard InChI is InChI=1S/C32H30N6O5/c1-43-26-12-11-24-20-38(29(39)27(24)19-26)21-32(30(40)33-31(41)34-32)14-13-22-7-9-23(10-8-22)28(35-42)37-17-15-36(16-18-37)25-5-3-2-4-6-25/h2-12,19,42H,15-18,20-21H2,1H3,(H2,33,34,40,41)/b35-28-/t32-/m1/s1. The number of urea groups is 1. The van der Waals surface area contributed by atoms with Crippen LogP contribution >= 0.6 is 0 Å². The zero-order valence-corrected chi connectivity index (χ0v) is 23.5. The van der Waals surface area contributed by atoms with Crippen LogP contribution in [0, 0.1) is 11.8 Å². The number of imide groups is 1. The van der Waals surface area contributed by atoms with Crippen molar-refractivity contribution in [3.63, 3.8) is 0 Å². The minimum absolute atomic E-state index is 0.123. The predicted molar refractivity (Wildman–Crippen MR) is 159 cm³/mol. The summed E-state index contributed by atoms with van der Waals surface area (Å²) in [6, 6.07) is 21.9. The summed E-state index contributed by atoms with van der Waals surface area (Å²) in [5.74, 6) is 6.05. The van der Waals surface area contributed by atoms with E-state index in [1.165, 1.54) is 12.0 Å². The highest BCUT2D eigenvalue weighted by molar-refractivity contribution is 6.10. The van der Waals surface area contributed by atoms with E-state index in [0.717, 1.165) is 29.9 Å². The second kappa shape index (κ2) is 11.4. The van der Waals surface area contributed by atoms with Crippen LogP contribution in [0.4, 0.5) is 10.5 Å². The smallest absolute Gasteiger partial charge is 0.323 e. The fourth-order valence-corrected chi connectivity index (χ4v) is 5.61. The highest BCUT2D eigenvalue weighted by Crippen LogP contribution is 2.28. The van der Waals surface area contributed by atoms with Crippen molar-refractivity contribution >= 4 is 29.4 Å². The molecule has 43 heavy (non-hydrogen) atoms. The summed E-state index contributed by atoms with van der Waals surface area (Å²) >= 11 is 0. The van der Waals surface area contributed by atoms with Gasteiger partial charge in [-0.3, -0.25) is 14.9 Å². The van der Waals surface area contributed by atoms with E-state index in [2.05, 4.69) is 44.7 Å². The van der Waals surface area contributed by atoms with Crippen molar-refractivity contribution in [1.82, 2.24) is 20.4 Å². The Kier molecular flexibility index (Phi) is 7.34. The second-order valence-electron chi connectivity index (χ2n) is 10.6. The number of benzene rings is 3. The number of methoxy groups -OCH3 is 1. The monoisotopic (exact) mass is 578 g/mol. The lowest BCUT2D eigenvalue weighted by Crippen LogP contribution is -2.54. The molecule has 0 bridgehead atoms. The van der Waals surface area contributed by atoms with Gasteiger partial charge < -0.3 is 30.0 Å². The van der Waals surface area contributed by atoms with Crippen molar-refractivity contribution in [3.8, 4) is 17.6 Å². The molecule has 218 valence electrons. The molecule has 3 heterocycles. The van der Waals surface area contributed by atoms with Gasteiger partial charge in [0.05, 0.1) is 13.7 Å². The number of anilines is 1. The first-order valence-electron chi connectivity index (χ1n) is 13.9. The van der Waals surface area contributed by atoms with Crippen LogP contribution in [-0.4, -0.2) is 84.1 Å². The third-order valence-electron chi connectivity index (χ3n) is 7.92. The highest BCUT2D eigenvalue weighted by atomic mass is 16.5. The number of amidine groups is 1. The normalized spacial score (nSPS) is 19.9. The predicted octanol–water partition coefficient (Wildman–Crippen LogP) is 2.24. The number of nitrogens with one attached hydrogen (secondary N) is 2. The van der Waals surface area contributed by atoms with Crippen molar-refractivity contribution in [1.29, 1.82) is 0 Å². The Labute approximate surface area is 248 Å². The van der Waals surface area contributed by atoms with Crippen LogP contribution in [0.1, 0.15) is 27.0 Å². The molecular formula is C32H30N6O5. The van der Waals surface area contributed by atoms with Crippen molar-refractivity contribution in [3.05, 3.63) is 95.1 Å². The average molecular weight is 579 g/mol. The number of amides is 4. The van der Waals surface area contributed by atoms with Gasteiger partial charge in [-0.05, 0) is 54.1 Å². The van der Waals surface area contributed by atoms with Gasteiger partial charge in [-0.1, -0.05) is 41.3 Å². The van der Waals surface area contributed by atoms with Crippen molar-refractivity contribution in [2.24, 2.45) is 5.16 Å². The number of hydrogen-bond donors (Lipinski definition) is 3. The van der Waals surface area contributed by atoms with Gasteiger partial charge in [0.1, 0.15) is 5.75 Å². The first kappa shape index (κ1) is 27.7. The number of piperazine rings is 1. The van der Waals surface area contributed by atoms with Gasteiger partial charge in [0, 0.05) is 55.1 Å². The zero-order valence-electron chi connectivity index (χ0n) is 23.5. The number of fused-ring (bicyclic) bond motifs is 1. The van der Waals surface area contributed by atoms with Crippen LogP contribution in [0.15, 0.2) is 78.0 Å². The summed E-state index contributed by atoms with van der Waals surface area (Å²) < 4.78 is 5.24. The van der Waals surface area contributed by atoms with Gasteiger partial charge >= 0.3 is 6.03 Å². The molecule has 4 amide bonds. The second-order valence-corrected chi connectivity index (χ2v) is 10.6. The first-order valence-corrected chi connectivity index (χ1v) is 13.9. The molecule has 0 spiro atoms. The number of hydrogen-bond acceptors (Lipinski definition) is 7. The lowest BCUT2D eigenvalue weighted by atomic mass is 9.99. The van der Waals surface area contributed by atoms with Crippen LogP contribution in [-0.2, 0) is 11.3 Å². The molecule has 3 N–H and O–H groups in total. The largest absolute Gasteiger partial charge is 0.497 e. The first-order chi connectivity index (χ1) is 20.9. The summed E-state index contributed by atoms with van der Waals surface area (Å²) in [4.78, 5) is 44.1. The van der Waals surface area contributed by atoms with Gasteiger partial charge in [0.2, 0.25) is 5.54 Å². The number of nitrogens with zero attached hydrogens (tertiary/aromatic N) is 4. The maximum atomic E-state index is 13.1. The summed E-state index contributed by atoms with van der Waals surface area (Å²) in [7, 11) is 1.53. The Hall–Kier alpha value is -5.50. The van der Waals surface area contributed by atoms with E-state index in [4.69, 9.17) is 4.74 Å². The molecule has 3 aliphatic heterocycles. The molecule has 2 saturated heterocycles. The van der Waals surface area contributed by atoms with Crippen molar-refractivity contribution in [2.45, 2.75) is 12.1 Å². The van der Waals surface area contributed by atoms with Gasteiger partial charge in [0.15, 0.2) is 5.84 Å². The van der Waals surface area contributed by atoms with Crippen molar-refractivity contribution < 1.29 is 24.3 Å². The summed E-state index contributed by atoms with van der Waals surface area (Å²) in [6.45, 7) is 3.13. The third kappa shape index (κ3) is 5.42. The molecular weight excluding hydrogens is 548 g/mol. The molecule has 2 fully saturated rings. The number of ether oxygens (including phenoxy) is 1. The van der Waals surface area contributed by atoms with E-state index < -0.39 is 17.5 Å². The zero-order chi connectivity index (χ0) is 30.0. The molecule has 11 heteroatoms. The van der Waals surface area contributed by atoms with E-state index in [0.29, 0.717) is 35.8 Å². The average Bonchev–Trinajstić information content (AvgIpc) is 3.50. The van der Waals surface area contributed by atoms with E-state index in [9.17, 15) is 19.6 Å². The van der Waals surface area contributed by atoms with E-state index in [-0.39, 0.29) is 19.0 Å². The fourth-order valence-electron chi connectivity index (χ4n) is 5.61. The molecule has 0 aromatic heterocycles. The molecule has 1 atom stereocenters. The van der Waals surface area contributed by atoms with E-state index in [1.807, 2.05) is 29.2 Å². The van der Waals surface area contributed by atoms with E-state index >= 15 is 0 Å². The molecule has 3 aromatic rings. The maximum absolute atomic E-state index is 13.1. The number of carbonyl (C=O) groups excluding carboxylic acids is 3. The van der Waals surface area contributed by atoms with Crippen LogP contribution < -0.4 is 20.3 Å². The molecule has 0 unspecified atom stereocenters. The molecule has 0 radical (unpaired) electrons. The number of rotatable bonds is 5.